The highest BCUT2D eigenvalue weighted by Crippen LogP contribution is 2.31. The molecule has 2 aromatic rings. The van der Waals surface area contributed by atoms with Gasteiger partial charge in [-0.1, -0.05) is 24.2 Å². The number of carbonyl (C=O) groups excluding carboxylic acids is 1. The molecule has 0 saturated heterocycles. The summed E-state index contributed by atoms with van der Waals surface area (Å²) in [7, 11) is 0. The number of nitrogens with one attached hydrogen (secondary N) is 1. The molecule has 0 fully saturated rings. The van der Waals surface area contributed by atoms with E-state index >= 15 is 0 Å². The minimum atomic E-state index is -0.190. The second-order valence-corrected chi connectivity index (χ2v) is 5.69. The van der Waals surface area contributed by atoms with E-state index in [0.29, 0.717) is 23.1 Å². The molecule has 0 bridgehead atoms. The predicted molar refractivity (Wildman–Crippen MR) is 89.3 cm³/mol. The Morgan fingerprint density at radius 3 is 2.74 bits per heavy atom. The molecular weight excluding hydrogens is 314 g/mol. The Bertz CT molecular complexity index is 728. The van der Waals surface area contributed by atoms with Gasteiger partial charge in [-0.3, -0.25) is 4.79 Å². The van der Waals surface area contributed by atoms with Crippen molar-refractivity contribution in [2.45, 2.75) is 12.5 Å². The fourth-order valence-electron chi connectivity index (χ4n) is 2.41. The molecule has 1 amide bonds. The number of carbonyl (C=O) groups is 1. The fraction of sp³-hybridized carbons (Fsp3) is 0.167. The normalized spacial score (nSPS) is 16.0. The molecule has 23 heavy (non-hydrogen) atoms. The van der Waals surface area contributed by atoms with Gasteiger partial charge in [0.15, 0.2) is 0 Å². The van der Waals surface area contributed by atoms with Gasteiger partial charge in [-0.25, -0.2) is 0 Å². The van der Waals surface area contributed by atoms with E-state index in [1.165, 1.54) is 6.08 Å². The third-order valence-corrected chi connectivity index (χ3v) is 3.78. The Hall–Kier alpha value is -2.46. The molecule has 0 spiro atoms. The fourth-order valence-corrected chi connectivity index (χ4v) is 2.53. The molecule has 0 aromatic heterocycles. The van der Waals surface area contributed by atoms with Crippen LogP contribution in [0, 0.1) is 0 Å². The molecule has 0 aliphatic carbocycles. The number of ether oxygens (including phenoxy) is 2. The largest absolute Gasteiger partial charge is 0.491 e. The molecule has 3 rings (SSSR count). The van der Waals surface area contributed by atoms with Gasteiger partial charge in [-0.05, 0) is 48.4 Å². The van der Waals surface area contributed by atoms with E-state index in [0.717, 1.165) is 17.7 Å². The third kappa shape index (κ3) is 3.85. The summed E-state index contributed by atoms with van der Waals surface area (Å²) in [5, 5.41) is 3.51. The highest BCUT2D eigenvalue weighted by Gasteiger charge is 2.21. The number of hydrogen-bond donors (Lipinski definition) is 1. The first-order chi connectivity index (χ1) is 11.1. The number of amides is 1. The van der Waals surface area contributed by atoms with Crippen LogP contribution < -0.4 is 14.8 Å². The molecule has 1 aliphatic rings. The average Bonchev–Trinajstić information content (AvgIpc) is 2.57. The van der Waals surface area contributed by atoms with Gasteiger partial charge in [-0.15, -0.1) is 0 Å². The van der Waals surface area contributed by atoms with Crippen LogP contribution in [-0.4, -0.2) is 18.6 Å². The van der Waals surface area contributed by atoms with Gasteiger partial charge >= 0.3 is 0 Å². The first kappa shape index (κ1) is 15.4. The van der Waals surface area contributed by atoms with Crippen LogP contribution >= 0.6 is 11.6 Å². The number of halogens is 1. The zero-order chi connectivity index (χ0) is 16.2. The minimum Gasteiger partial charge on any atom is -0.491 e. The zero-order valence-electron chi connectivity index (χ0n) is 12.4. The van der Waals surface area contributed by atoms with E-state index in [9.17, 15) is 4.79 Å². The van der Waals surface area contributed by atoms with Crippen molar-refractivity contribution < 1.29 is 14.3 Å². The lowest BCUT2D eigenvalue weighted by molar-refractivity contribution is -0.117. The number of benzene rings is 2. The van der Waals surface area contributed by atoms with Crippen LogP contribution in [0.1, 0.15) is 5.56 Å². The standard InChI is InChI=1S/C18H16ClNO3/c1-2-18(21)20-14-9-12-3-6-16(10-17(12)22-11-14)23-15-7-4-13(19)5-8-15/h2-8,10,14H,1,9,11H2,(H,20,21). The number of rotatable bonds is 4. The van der Waals surface area contributed by atoms with E-state index in [-0.39, 0.29) is 11.9 Å². The smallest absolute Gasteiger partial charge is 0.243 e. The SMILES string of the molecule is C=CC(=O)NC1COc2cc(Oc3ccc(Cl)cc3)ccc2C1. The summed E-state index contributed by atoms with van der Waals surface area (Å²) < 4.78 is 11.5. The average molecular weight is 330 g/mol. The van der Waals surface area contributed by atoms with Gasteiger partial charge in [0.1, 0.15) is 23.9 Å². The highest BCUT2D eigenvalue weighted by molar-refractivity contribution is 6.30. The predicted octanol–water partition coefficient (Wildman–Crippen LogP) is 3.74. The molecule has 1 heterocycles. The second-order valence-electron chi connectivity index (χ2n) is 5.25. The van der Waals surface area contributed by atoms with Gasteiger partial charge < -0.3 is 14.8 Å². The lowest BCUT2D eigenvalue weighted by atomic mass is 10.0. The molecule has 5 heteroatoms. The molecule has 1 aliphatic heterocycles. The summed E-state index contributed by atoms with van der Waals surface area (Å²) in [6, 6.07) is 12.8. The van der Waals surface area contributed by atoms with Crippen LogP contribution in [0.25, 0.3) is 0 Å². The topological polar surface area (TPSA) is 47.6 Å². The van der Waals surface area contributed by atoms with Gasteiger partial charge in [0.2, 0.25) is 5.91 Å². The maximum atomic E-state index is 11.4. The van der Waals surface area contributed by atoms with Crippen LogP contribution in [0.15, 0.2) is 55.1 Å². The summed E-state index contributed by atoms with van der Waals surface area (Å²) in [6.07, 6.45) is 1.98. The molecule has 0 saturated carbocycles. The first-order valence-corrected chi connectivity index (χ1v) is 7.64. The van der Waals surface area contributed by atoms with Crippen molar-refractivity contribution in [2.75, 3.05) is 6.61 Å². The van der Waals surface area contributed by atoms with E-state index in [4.69, 9.17) is 21.1 Å². The van der Waals surface area contributed by atoms with Crippen molar-refractivity contribution in [3.8, 4) is 17.2 Å². The maximum absolute atomic E-state index is 11.4. The monoisotopic (exact) mass is 329 g/mol. The Labute approximate surface area is 139 Å². The number of fused-ring (bicyclic) bond motifs is 1. The van der Waals surface area contributed by atoms with Crippen LogP contribution in [0.3, 0.4) is 0 Å². The Kier molecular flexibility index (Phi) is 4.53. The summed E-state index contributed by atoms with van der Waals surface area (Å²) in [6.45, 7) is 3.88. The second kappa shape index (κ2) is 6.75. The molecule has 1 atom stereocenters. The van der Waals surface area contributed by atoms with Crippen LogP contribution in [-0.2, 0) is 11.2 Å². The van der Waals surface area contributed by atoms with Crippen molar-refractivity contribution in [3.05, 3.63) is 65.7 Å². The van der Waals surface area contributed by atoms with Crippen LogP contribution in [0.2, 0.25) is 5.02 Å². The van der Waals surface area contributed by atoms with Gasteiger partial charge in [0.05, 0.1) is 6.04 Å². The Morgan fingerprint density at radius 1 is 1.26 bits per heavy atom. The zero-order valence-corrected chi connectivity index (χ0v) is 13.2. The van der Waals surface area contributed by atoms with Gasteiger partial charge in [-0.2, -0.15) is 0 Å². The van der Waals surface area contributed by atoms with E-state index in [1.54, 1.807) is 12.1 Å². The maximum Gasteiger partial charge on any atom is 0.243 e. The van der Waals surface area contributed by atoms with E-state index < -0.39 is 0 Å². The van der Waals surface area contributed by atoms with Crippen molar-refractivity contribution >= 4 is 17.5 Å². The van der Waals surface area contributed by atoms with Crippen molar-refractivity contribution in [1.82, 2.24) is 5.32 Å². The summed E-state index contributed by atoms with van der Waals surface area (Å²) >= 11 is 5.86. The van der Waals surface area contributed by atoms with Gasteiger partial charge in [0, 0.05) is 11.1 Å². The molecule has 4 nitrogen and oxygen atoms in total. The molecule has 1 N–H and O–H groups in total. The lowest BCUT2D eigenvalue weighted by Crippen LogP contribution is -2.41. The summed E-state index contributed by atoms with van der Waals surface area (Å²) in [5.74, 6) is 1.99. The Morgan fingerprint density at radius 2 is 2.00 bits per heavy atom. The van der Waals surface area contributed by atoms with Crippen LogP contribution in [0.5, 0.6) is 17.2 Å². The lowest BCUT2D eigenvalue weighted by Gasteiger charge is -2.26. The molecular formula is C18H16ClNO3. The quantitative estimate of drug-likeness (QED) is 0.869. The molecule has 0 radical (unpaired) electrons. The molecule has 2 aromatic carbocycles. The van der Waals surface area contributed by atoms with E-state index in [2.05, 4.69) is 11.9 Å². The minimum absolute atomic E-state index is 0.0453. The van der Waals surface area contributed by atoms with Crippen molar-refractivity contribution in [2.24, 2.45) is 0 Å². The van der Waals surface area contributed by atoms with Gasteiger partial charge in [0.25, 0.3) is 0 Å². The Balaban J connectivity index is 1.70. The summed E-state index contributed by atoms with van der Waals surface area (Å²) in [5.41, 5.74) is 1.04. The first-order valence-electron chi connectivity index (χ1n) is 7.26. The van der Waals surface area contributed by atoms with E-state index in [1.807, 2.05) is 30.3 Å². The summed E-state index contributed by atoms with van der Waals surface area (Å²) in [4.78, 5) is 11.4. The van der Waals surface area contributed by atoms with Crippen molar-refractivity contribution in [1.29, 1.82) is 0 Å². The third-order valence-electron chi connectivity index (χ3n) is 3.53. The molecule has 118 valence electrons. The number of hydrogen-bond acceptors (Lipinski definition) is 3. The molecule has 1 unspecified atom stereocenters. The van der Waals surface area contributed by atoms with Crippen molar-refractivity contribution in [3.63, 3.8) is 0 Å². The van der Waals surface area contributed by atoms with Crippen LogP contribution in [0.4, 0.5) is 0 Å². The highest BCUT2D eigenvalue weighted by atomic mass is 35.5.